The van der Waals surface area contributed by atoms with Gasteiger partial charge < -0.3 is 5.32 Å². The highest BCUT2D eigenvalue weighted by molar-refractivity contribution is 6.35. The number of nitrogens with zero attached hydrogens (tertiary/aromatic N) is 1. The largest absolute Gasteiger partial charge is 0.350 e. The Morgan fingerprint density at radius 1 is 1.40 bits per heavy atom. The van der Waals surface area contributed by atoms with Crippen molar-refractivity contribution in [1.29, 1.82) is 0 Å². The Morgan fingerprint density at radius 2 is 2.13 bits per heavy atom. The van der Waals surface area contributed by atoms with Gasteiger partial charge in [-0.15, -0.1) is 0 Å². The third-order valence-electron chi connectivity index (χ3n) is 1.66. The Morgan fingerprint density at radius 3 is 2.80 bits per heavy atom. The number of rotatable bonds is 4. The van der Waals surface area contributed by atoms with Crippen LogP contribution >= 0.6 is 23.2 Å². The van der Waals surface area contributed by atoms with Crippen LogP contribution in [-0.2, 0) is 0 Å². The number of nitrogens with one attached hydrogen (secondary N) is 1. The Hall–Kier alpha value is -1.13. The summed E-state index contributed by atoms with van der Waals surface area (Å²) in [5.41, 5.74) is 0.287. The van der Waals surface area contributed by atoms with Crippen molar-refractivity contribution in [1.82, 2.24) is 5.32 Å². The predicted octanol–water partition coefficient (Wildman–Crippen LogP) is 2.49. The van der Waals surface area contributed by atoms with Gasteiger partial charge in [-0.05, 0) is 18.2 Å². The fraction of sp³-hybridized carbons (Fsp3) is 0.222. The van der Waals surface area contributed by atoms with Crippen LogP contribution in [0.2, 0.25) is 10.0 Å². The third kappa shape index (κ3) is 3.49. The molecule has 1 N–H and O–H groups in total. The van der Waals surface area contributed by atoms with Crippen LogP contribution in [0.5, 0.6) is 0 Å². The second-order valence-corrected chi connectivity index (χ2v) is 3.58. The molecule has 0 heterocycles. The van der Waals surface area contributed by atoms with E-state index in [1.807, 2.05) is 0 Å². The molecule has 1 aromatic carbocycles. The van der Waals surface area contributed by atoms with Crippen molar-refractivity contribution in [3.8, 4) is 0 Å². The first-order valence-electron chi connectivity index (χ1n) is 4.17. The summed E-state index contributed by atoms with van der Waals surface area (Å²) in [5.74, 6) is -0.369. The van der Waals surface area contributed by atoms with Crippen molar-refractivity contribution < 1.29 is 4.79 Å². The molecule has 0 fully saturated rings. The van der Waals surface area contributed by atoms with E-state index in [-0.39, 0.29) is 24.6 Å². The third-order valence-corrected chi connectivity index (χ3v) is 2.23. The number of hydrogen-bond donors (Lipinski definition) is 1. The highest BCUT2D eigenvalue weighted by Gasteiger charge is 2.09. The molecule has 0 bridgehead atoms. The summed E-state index contributed by atoms with van der Waals surface area (Å²) >= 11 is 11.5. The molecule has 0 unspecified atom stereocenters. The van der Waals surface area contributed by atoms with Crippen LogP contribution in [0.1, 0.15) is 10.4 Å². The van der Waals surface area contributed by atoms with Crippen LogP contribution in [0.25, 0.3) is 0 Å². The first-order chi connectivity index (χ1) is 7.15. The van der Waals surface area contributed by atoms with Gasteiger partial charge in [0.05, 0.1) is 17.1 Å². The van der Waals surface area contributed by atoms with Crippen molar-refractivity contribution in [3.05, 3.63) is 38.7 Å². The summed E-state index contributed by atoms with van der Waals surface area (Å²) in [7, 11) is 0. The molecule has 0 aliphatic carbocycles. The minimum absolute atomic E-state index is 0.0317. The van der Waals surface area contributed by atoms with Gasteiger partial charge in [-0.25, -0.2) is 0 Å². The number of carbonyl (C=O) groups excluding carboxylic acids is 1. The van der Waals surface area contributed by atoms with Crippen LogP contribution < -0.4 is 5.32 Å². The number of nitroso groups, excluding NO2 is 1. The molecule has 0 radical (unpaired) electrons. The summed E-state index contributed by atoms with van der Waals surface area (Å²) in [6.07, 6.45) is 0. The van der Waals surface area contributed by atoms with E-state index in [9.17, 15) is 9.70 Å². The van der Waals surface area contributed by atoms with Crippen LogP contribution in [0.4, 0.5) is 0 Å². The van der Waals surface area contributed by atoms with Gasteiger partial charge in [0.1, 0.15) is 0 Å². The van der Waals surface area contributed by atoms with Crippen molar-refractivity contribution >= 4 is 29.1 Å². The van der Waals surface area contributed by atoms with Gasteiger partial charge >= 0.3 is 0 Å². The summed E-state index contributed by atoms with van der Waals surface area (Å²) in [6.45, 7) is 0.217. The Balaban J connectivity index is 2.72. The molecule has 0 saturated heterocycles. The van der Waals surface area contributed by atoms with E-state index in [2.05, 4.69) is 10.5 Å². The zero-order valence-electron chi connectivity index (χ0n) is 7.67. The number of amides is 1. The standard InChI is InChI=1S/C9H8Cl2N2O2/c10-6-1-2-8(11)7(5-6)9(14)12-3-4-13-15/h1-2,5H,3-4H2,(H,12,14). The van der Waals surface area contributed by atoms with Gasteiger partial charge in [0, 0.05) is 11.6 Å². The molecule has 0 atom stereocenters. The van der Waals surface area contributed by atoms with Gasteiger partial charge in [-0.2, -0.15) is 4.91 Å². The number of benzene rings is 1. The molecule has 80 valence electrons. The smallest absolute Gasteiger partial charge is 0.252 e. The average molecular weight is 247 g/mol. The first kappa shape index (κ1) is 11.9. The van der Waals surface area contributed by atoms with E-state index >= 15 is 0 Å². The van der Waals surface area contributed by atoms with Crippen LogP contribution in [0.15, 0.2) is 23.4 Å². The van der Waals surface area contributed by atoms with Gasteiger partial charge in [0.2, 0.25) is 0 Å². The molecular weight excluding hydrogens is 239 g/mol. The van der Waals surface area contributed by atoms with Crippen LogP contribution in [0, 0.1) is 4.91 Å². The lowest BCUT2D eigenvalue weighted by atomic mass is 10.2. The van der Waals surface area contributed by atoms with Crippen LogP contribution in [0.3, 0.4) is 0 Å². The normalized spacial score (nSPS) is 9.73. The zero-order chi connectivity index (χ0) is 11.3. The molecule has 0 aromatic heterocycles. The maximum atomic E-state index is 11.5. The van der Waals surface area contributed by atoms with E-state index in [4.69, 9.17) is 23.2 Å². The molecule has 6 heteroatoms. The molecule has 0 spiro atoms. The number of carbonyl (C=O) groups is 1. The lowest BCUT2D eigenvalue weighted by Gasteiger charge is -2.04. The monoisotopic (exact) mass is 246 g/mol. The zero-order valence-corrected chi connectivity index (χ0v) is 9.18. The van der Waals surface area contributed by atoms with E-state index in [0.29, 0.717) is 10.0 Å². The second kappa shape index (κ2) is 5.68. The van der Waals surface area contributed by atoms with Gasteiger partial charge in [0.25, 0.3) is 5.91 Å². The maximum Gasteiger partial charge on any atom is 0.252 e. The van der Waals surface area contributed by atoms with Gasteiger partial charge in [-0.1, -0.05) is 28.4 Å². The van der Waals surface area contributed by atoms with E-state index in [0.717, 1.165) is 0 Å². The molecule has 1 aromatic rings. The molecule has 1 amide bonds. The second-order valence-electron chi connectivity index (χ2n) is 2.73. The van der Waals surface area contributed by atoms with Crippen LogP contribution in [-0.4, -0.2) is 19.0 Å². The van der Waals surface area contributed by atoms with Crippen molar-refractivity contribution in [3.63, 3.8) is 0 Å². The SMILES string of the molecule is O=NCCNC(=O)c1cc(Cl)ccc1Cl. The molecule has 4 nitrogen and oxygen atoms in total. The lowest BCUT2D eigenvalue weighted by Crippen LogP contribution is -2.26. The van der Waals surface area contributed by atoms with Gasteiger partial charge in [0.15, 0.2) is 0 Å². The maximum absolute atomic E-state index is 11.5. The predicted molar refractivity (Wildman–Crippen MR) is 59.5 cm³/mol. The Kier molecular flexibility index (Phi) is 4.52. The number of hydrogen-bond acceptors (Lipinski definition) is 3. The highest BCUT2D eigenvalue weighted by Crippen LogP contribution is 2.20. The molecule has 0 saturated carbocycles. The van der Waals surface area contributed by atoms with Crippen molar-refractivity contribution in [2.75, 3.05) is 13.1 Å². The molecule has 15 heavy (non-hydrogen) atoms. The number of halogens is 2. The minimum atomic E-state index is -0.369. The summed E-state index contributed by atoms with van der Waals surface area (Å²) < 4.78 is 0. The van der Waals surface area contributed by atoms with Gasteiger partial charge in [-0.3, -0.25) is 4.79 Å². The fourth-order valence-corrected chi connectivity index (χ4v) is 1.36. The fourth-order valence-electron chi connectivity index (χ4n) is 0.982. The highest BCUT2D eigenvalue weighted by atomic mass is 35.5. The molecule has 0 aliphatic heterocycles. The summed E-state index contributed by atoms with van der Waals surface area (Å²) in [4.78, 5) is 21.3. The van der Waals surface area contributed by atoms with Crippen molar-refractivity contribution in [2.45, 2.75) is 0 Å². The summed E-state index contributed by atoms with van der Waals surface area (Å²) in [6, 6.07) is 4.60. The lowest BCUT2D eigenvalue weighted by molar-refractivity contribution is 0.0955. The topological polar surface area (TPSA) is 58.5 Å². The first-order valence-corrected chi connectivity index (χ1v) is 4.93. The van der Waals surface area contributed by atoms with E-state index < -0.39 is 0 Å². The molecule has 1 rings (SSSR count). The molecular formula is C9H8Cl2N2O2. The Bertz CT molecular complexity index is 382. The van der Waals surface area contributed by atoms with Crippen molar-refractivity contribution in [2.24, 2.45) is 5.18 Å². The molecule has 0 aliphatic rings. The summed E-state index contributed by atoms with van der Waals surface area (Å²) in [5, 5.41) is 5.85. The average Bonchev–Trinajstić information content (AvgIpc) is 2.22. The van der Waals surface area contributed by atoms with E-state index in [1.165, 1.54) is 12.1 Å². The quantitative estimate of drug-likeness (QED) is 0.656. The Labute approximate surface area is 96.5 Å². The minimum Gasteiger partial charge on any atom is -0.350 e. The van der Waals surface area contributed by atoms with E-state index in [1.54, 1.807) is 6.07 Å².